The zero-order chi connectivity index (χ0) is 10.1. The molecule has 0 spiro atoms. The van der Waals surface area contributed by atoms with E-state index < -0.39 is 12.2 Å². The minimum absolute atomic E-state index is 0.401. The molecule has 0 N–H and O–H groups in total. The van der Waals surface area contributed by atoms with E-state index in [1.165, 1.54) is 11.8 Å². The van der Waals surface area contributed by atoms with Gasteiger partial charge in [-0.3, -0.25) is 4.90 Å². The smallest absolute Gasteiger partial charge is 0.292 e. The highest BCUT2D eigenvalue weighted by Crippen LogP contribution is 2.27. The molecule has 78 valence electrons. The molecular formula is C9H16F3N. The third kappa shape index (κ3) is 2.86. The Bertz CT molecular complexity index is 167. The minimum Gasteiger partial charge on any atom is -0.292 e. The molecule has 0 aromatic carbocycles. The van der Waals surface area contributed by atoms with Crippen LogP contribution in [0.4, 0.5) is 13.2 Å². The minimum atomic E-state index is -4.07. The van der Waals surface area contributed by atoms with Gasteiger partial charge >= 0.3 is 6.18 Å². The molecule has 1 rings (SSSR count). The first kappa shape index (κ1) is 10.8. The maximum Gasteiger partial charge on any atom is 0.403 e. The molecule has 1 aliphatic rings. The van der Waals surface area contributed by atoms with Gasteiger partial charge in [0.05, 0.1) is 0 Å². The van der Waals surface area contributed by atoms with Gasteiger partial charge in [-0.15, -0.1) is 0 Å². The molecule has 0 radical (unpaired) electrons. The number of hydrogen-bond acceptors (Lipinski definition) is 1. The van der Waals surface area contributed by atoms with Crippen molar-refractivity contribution in [1.29, 1.82) is 0 Å². The zero-order valence-corrected chi connectivity index (χ0v) is 8.06. The highest BCUT2D eigenvalue weighted by atomic mass is 19.4. The van der Waals surface area contributed by atoms with Crippen LogP contribution in [0.3, 0.4) is 0 Å². The molecule has 1 aliphatic heterocycles. The Morgan fingerprint density at radius 3 is 2.46 bits per heavy atom. The summed E-state index contributed by atoms with van der Waals surface area (Å²) in [7, 11) is 0. The third-order valence-electron chi connectivity index (χ3n) is 2.71. The fourth-order valence-electron chi connectivity index (χ4n) is 1.78. The van der Waals surface area contributed by atoms with Crippen LogP contribution in [0.25, 0.3) is 0 Å². The van der Waals surface area contributed by atoms with Crippen LogP contribution in [0.15, 0.2) is 0 Å². The molecule has 0 saturated carbocycles. The van der Waals surface area contributed by atoms with Crippen molar-refractivity contribution in [3.05, 3.63) is 0 Å². The molecule has 0 aromatic rings. The van der Waals surface area contributed by atoms with E-state index in [0.717, 1.165) is 12.8 Å². The van der Waals surface area contributed by atoms with Gasteiger partial charge in [-0.2, -0.15) is 13.2 Å². The van der Waals surface area contributed by atoms with Gasteiger partial charge in [0.15, 0.2) is 0 Å². The number of halogens is 3. The molecule has 0 aromatic heterocycles. The van der Waals surface area contributed by atoms with Gasteiger partial charge in [0.2, 0.25) is 0 Å². The van der Waals surface area contributed by atoms with E-state index in [9.17, 15) is 13.2 Å². The molecule has 0 aliphatic carbocycles. The first-order valence-electron chi connectivity index (χ1n) is 4.72. The quantitative estimate of drug-likeness (QED) is 0.621. The number of alkyl halides is 3. The number of likely N-dealkylation sites (tertiary alicyclic amines) is 1. The lowest BCUT2D eigenvalue weighted by atomic mass is 9.99. The number of piperidine rings is 1. The van der Waals surface area contributed by atoms with Gasteiger partial charge < -0.3 is 0 Å². The second kappa shape index (κ2) is 3.86. The Labute approximate surface area is 76.9 Å². The second-order valence-electron chi connectivity index (χ2n) is 3.96. The summed E-state index contributed by atoms with van der Waals surface area (Å²) in [5.74, 6) is 0.401. The van der Waals surface area contributed by atoms with Crippen LogP contribution in [-0.4, -0.2) is 30.2 Å². The summed E-state index contributed by atoms with van der Waals surface area (Å²) >= 11 is 0. The van der Waals surface area contributed by atoms with E-state index >= 15 is 0 Å². The normalized spacial score (nSPS) is 28.8. The summed E-state index contributed by atoms with van der Waals surface area (Å²) in [6.45, 7) is 4.43. The maximum absolute atomic E-state index is 12.3. The molecule has 0 amide bonds. The largest absolute Gasteiger partial charge is 0.403 e. The summed E-state index contributed by atoms with van der Waals surface area (Å²) in [5, 5.41) is 0. The topological polar surface area (TPSA) is 3.24 Å². The first-order chi connectivity index (χ1) is 5.91. The van der Waals surface area contributed by atoms with Crippen molar-refractivity contribution >= 4 is 0 Å². The van der Waals surface area contributed by atoms with Crippen molar-refractivity contribution in [3.63, 3.8) is 0 Å². The highest BCUT2D eigenvalue weighted by molar-refractivity contribution is 4.79. The van der Waals surface area contributed by atoms with Crippen molar-refractivity contribution in [3.8, 4) is 0 Å². The fraction of sp³-hybridized carbons (Fsp3) is 1.00. The Balaban J connectivity index is 2.51. The summed E-state index contributed by atoms with van der Waals surface area (Å²) < 4.78 is 37.0. The third-order valence-corrected chi connectivity index (χ3v) is 2.71. The van der Waals surface area contributed by atoms with E-state index in [0.29, 0.717) is 19.0 Å². The van der Waals surface area contributed by atoms with E-state index in [1.54, 1.807) is 0 Å². The average molecular weight is 195 g/mol. The van der Waals surface area contributed by atoms with Crippen LogP contribution < -0.4 is 0 Å². The molecule has 0 bridgehead atoms. The van der Waals surface area contributed by atoms with E-state index in [4.69, 9.17) is 0 Å². The molecule has 2 atom stereocenters. The molecule has 13 heavy (non-hydrogen) atoms. The van der Waals surface area contributed by atoms with E-state index in [-0.39, 0.29) is 0 Å². The predicted molar refractivity (Wildman–Crippen MR) is 45.5 cm³/mol. The molecule has 1 nitrogen and oxygen atoms in total. The standard InChI is InChI=1S/C9H16F3N/c1-7-4-3-5-13(6-7)8(2)9(10,11)12/h7-8H,3-6H2,1-2H3/t7-,8-/m0/s1. The van der Waals surface area contributed by atoms with Crippen molar-refractivity contribution in [1.82, 2.24) is 4.90 Å². The maximum atomic E-state index is 12.3. The molecule has 4 heteroatoms. The number of rotatable bonds is 1. The fourth-order valence-corrected chi connectivity index (χ4v) is 1.78. The average Bonchev–Trinajstić information content (AvgIpc) is 2.01. The SMILES string of the molecule is C[C@H]1CCCN([C@@H](C)C(F)(F)F)C1. The lowest BCUT2D eigenvalue weighted by Gasteiger charge is -2.36. The summed E-state index contributed by atoms with van der Waals surface area (Å²) in [6, 6.07) is -1.28. The van der Waals surface area contributed by atoms with Gasteiger partial charge in [-0.25, -0.2) is 0 Å². The van der Waals surface area contributed by atoms with Crippen molar-refractivity contribution < 1.29 is 13.2 Å². The van der Waals surface area contributed by atoms with Crippen LogP contribution in [0, 0.1) is 5.92 Å². The van der Waals surface area contributed by atoms with Crippen LogP contribution >= 0.6 is 0 Å². The Kier molecular flexibility index (Phi) is 3.22. The number of hydrogen-bond donors (Lipinski definition) is 0. The van der Waals surface area contributed by atoms with E-state index in [2.05, 4.69) is 0 Å². The van der Waals surface area contributed by atoms with Gasteiger partial charge in [0.1, 0.15) is 6.04 Å². The van der Waals surface area contributed by atoms with E-state index in [1.807, 2.05) is 6.92 Å². The van der Waals surface area contributed by atoms with Crippen LogP contribution in [0.1, 0.15) is 26.7 Å². The van der Waals surface area contributed by atoms with Gasteiger partial charge in [-0.1, -0.05) is 6.92 Å². The van der Waals surface area contributed by atoms with Crippen LogP contribution in [0.2, 0.25) is 0 Å². The summed E-state index contributed by atoms with van der Waals surface area (Å²) in [5.41, 5.74) is 0. The van der Waals surface area contributed by atoms with Crippen molar-refractivity contribution in [2.45, 2.75) is 38.9 Å². The Hall–Kier alpha value is -0.250. The Morgan fingerprint density at radius 2 is 2.00 bits per heavy atom. The molecule has 1 heterocycles. The lowest BCUT2D eigenvalue weighted by Crippen LogP contribution is -2.47. The van der Waals surface area contributed by atoms with Crippen LogP contribution in [0.5, 0.6) is 0 Å². The highest BCUT2D eigenvalue weighted by Gasteiger charge is 2.40. The van der Waals surface area contributed by atoms with Crippen molar-refractivity contribution in [2.75, 3.05) is 13.1 Å². The van der Waals surface area contributed by atoms with Gasteiger partial charge in [0.25, 0.3) is 0 Å². The summed E-state index contributed by atoms with van der Waals surface area (Å²) in [4.78, 5) is 1.54. The lowest BCUT2D eigenvalue weighted by molar-refractivity contribution is -0.182. The molecular weight excluding hydrogens is 179 g/mol. The van der Waals surface area contributed by atoms with Crippen molar-refractivity contribution in [2.24, 2.45) is 5.92 Å². The summed E-state index contributed by atoms with van der Waals surface area (Å²) in [6.07, 6.45) is -2.13. The van der Waals surface area contributed by atoms with Gasteiger partial charge in [-0.05, 0) is 32.2 Å². The second-order valence-corrected chi connectivity index (χ2v) is 3.96. The molecule has 1 saturated heterocycles. The monoisotopic (exact) mass is 195 g/mol. The van der Waals surface area contributed by atoms with Crippen LogP contribution in [-0.2, 0) is 0 Å². The number of nitrogens with zero attached hydrogens (tertiary/aromatic N) is 1. The zero-order valence-electron chi connectivity index (χ0n) is 8.06. The van der Waals surface area contributed by atoms with Gasteiger partial charge in [0, 0.05) is 6.54 Å². The predicted octanol–water partition coefficient (Wildman–Crippen LogP) is 2.67. The molecule has 1 fully saturated rings. The molecule has 0 unspecified atom stereocenters. The first-order valence-corrected chi connectivity index (χ1v) is 4.72. The Morgan fingerprint density at radius 1 is 1.38 bits per heavy atom.